The van der Waals surface area contributed by atoms with Crippen LogP contribution in [0.4, 0.5) is 0 Å². The van der Waals surface area contributed by atoms with Gasteiger partial charge in [0.05, 0.1) is 5.75 Å². The van der Waals surface area contributed by atoms with Crippen molar-refractivity contribution >= 4 is 23.6 Å². The summed E-state index contributed by atoms with van der Waals surface area (Å²) in [6, 6.07) is 8.31. The van der Waals surface area contributed by atoms with Gasteiger partial charge in [-0.1, -0.05) is 43.7 Å². The molecule has 0 unspecified atom stereocenters. The van der Waals surface area contributed by atoms with Gasteiger partial charge in [0.2, 0.25) is 11.8 Å². The number of carbonyl (C=O) groups excluding carboxylic acids is 2. The van der Waals surface area contributed by atoms with Gasteiger partial charge in [-0.15, -0.1) is 11.8 Å². The molecule has 126 valence electrons. The highest BCUT2D eigenvalue weighted by Gasteiger charge is 2.33. The van der Waals surface area contributed by atoms with Crippen LogP contribution in [0.25, 0.3) is 0 Å². The van der Waals surface area contributed by atoms with E-state index in [2.05, 4.69) is 25.1 Å². The van der Waals surface area contributed by atoms with Crippen molar-refractivity contribution in [2.24, 2.45) is 5.92 Å². The summed E-state index contributed by atoms with van der Waals surface area (Å²) in [5, 5.41) is 0.0651. The number of hydrogen-bond acceptors (Lipinski definition) is 3. The molecule has 2 rings (SSSR count). The Balaban J connectivity index is 2.07. The first-order valence-corrected chi connectivity index (χ1v) is 9.25. The van der Waals surface area contributed by atoms with Crippen LogP contribution < -0.4 is 0 Å². The molecule has 0 aliphatic carbocycles. The first-order chi connectivity index (χ1) is 10.9. The molecule has 5 heteroatoms. The van der Waals surface area contributed by atoms with Gasteiger partial charge in [0.15, 0.2) is 0 Å². The second kappa shape index (κ2) is 7.86. The number of carbonyl (C=O) groups is 2. The molecule has 0 spiro atoms. The predicted molar refractivity (Wildman–Crippen MR) is 95.2 cm³/mol. The van der Waals surface area contributed by atoms with Gasteiger partial charge >= 0.3 is 0 Å². The van der Waals surface area contributed by atoms with Gasteiger partial charge in [-0.25, -0.2) is 0 Å². The minimum Gasteiger partial charge on any atom is -0.341 e. The van der Waals surface area contributed by atoms with Crippen molar-refractivity contribution in [3.05, 3.63) is 35.4 Å². The van der Waals surface area contributed by atoms with Crippen LogP contribution in [0.1, 0.15) is 37.3 Å². The monoisotopic (exact) mass is 334 g/mol. The Hall–Kier alpha value is -1.49. The molecular weight excluding hydrogens is 308 g/mol. The molecule has 1 aromatic carbocycles. The number of hydrogen-bond donors (Lipinski definition) is 0. The largest absolute Gasteiger partial charge is 0.341 e. The molecule has 0 saturated carbocycles. The zero-order valence-electron chi connectivity index (χ0n) is 14.4. The molecule has 4 nitrogen and oxygen atoms in total. The third-order valence-corrected chi connectivity index (χ3v) is 5.35. The Labute approximate surface area is 143 Å². The molecule has 1 heterocycles. The molecule has 1 fully saturated rings. The van der Waals surface area contributed by atoms with Gasteiger partial charge in [-0.3, -0.25) is 9.59 Å². The fourth-order valence-electron chi connectivity index (χ4n) is 2.81. The molecule has 0 bridgehead atoms. The van der Waals surface area contributed by atoms with E-state index in [1.165, 1.54) is 11.1 Å². The van der Waals surface area contributed by atoms with Gasteiger partial charge < -0.3 is 9.80 Å². The maximum absolute atomic E-state index is 12.2. The fraction of sp³-hybridized carbons (Fsp3) is 0.556. The Morgan fingerprint density at radius 2 is 2.17 bits per heavy atom. The van der Waals surface area contributed by atoms with Crippen molar-refractivity contribution in [2.45, 2.75) is 33.1 Å². The van der Waals surface area contributed by atoms with Crippen LogP contribution >= 0.6 is 11.8 Å². The van der Waals surface area contributed by atoms with Gasteiger partial charge in [0, 0.05) is 25.6 Å². The fourth-order valence-corrected chi connectivity index (χ4v) is 4.02. The standard InChI is InChI=1S/C18H26N2O2S/c1-5-19(17(22)13(2)3)9-10-20-16(21)12-23-18(20)15-8-6-7-14(4)11-15/h6-8,11,13,18H,5,9-10,12H2,1-4H3/t18-/m1/s1. The van der Waals surface area contributed by atoms with E-state index in [0.717, 1.165) is 0 Å². The maximum Gasteiger partial charge on any atom is 0.233 e. The second-order valence-electron chi connectivity index (χ2n) is 6.24. The smallest absolute Gasteiger partial charge is 0.233 e. The lowest BCUT2D eigenvalue weighted by Crippen LogP contribution is -2.41. The van der Waals surface area contributed by atoms with Crippen LogP contribution in [0, 0.1) is 12.8 Å². The van der Waals surface area contributed by atoms with Gasteiger partial charge in [0.25, 0.3) is 0 Å². The Bertz CT molecular complexity index is 574. The molecule has 1 atom stereocenters. The Morgan fingerprint density at radius 3 is 2.78 bits per heavy atom. The van der Waals surface area contributed by atoms with Crippen molar-refractivity contribution < 1.29 is 9.59 Å². The van der Waals surface area contributed by atoms with Crippen molar-refractivity contribution in [1.82, 2.24) is 9.80 Å². The van der Waals surface area contributed by atoms with Gasteiger partial charge in [-0.2, -0.15) is 0 Å². The number of rotatable bonds is 6. The number of thioether (sulfide) groups is 1. The Kier molecular flexibility index (Phi) is 6.10. The summed E-state index contributed by atoms with van der Waals surface area (Å²) in [6.07, 6.45) is 0. The number of aryl methyl sites for hydroxylation is 1. The summed E-state index contributed by atoms with van der Waals surface area (Å²) in [5.41, 5.74) is 2.37. The molecule has 1 aromatic rings. The minimum atomic E-state index is -0.00817. The highest BCUT2D eigenvalue weighted by atomic mass is 32.2. The molecule has 0 N–H and O–H groups in total. The summed E-state index contributed by atoms with van der Waals surface area (Å²) in [6.45, 7) is 9.75. The zero-order chi connectivity index (χ0) is 17.0. The quantitative estimate of drug-likeness (QED) is 0.803. The van der Waals surface area contributed by atoms with E-state index in [9.17, 15) is 9.59 Å². The molecule has 2 amide bonds. The lowest BCUT2D eigenvalue weighted by Gasteiger charge is -2.29. The summed E-state index contributed by atoms with van der Waals surface area (Å²) in [4.78, 5) is 28.2. The highest BCUT2D eigenvalue weighted by Crippen LogP contribution is 2.38. The van der Waals surface area contributed by atoms with E-state index in [1.54, 1.807) is 11.8 Å². The number of benzene rings is 1. The van der Waals surface area contributed by atoms with E-state index in [-0.39, 0.29) is 23.1 Å². The van der Waals surface area contributed by atoms with E-state index in [0.29, 0.717) is 25.4 Å². The second-order valence-corrected chi connectivity index (χ2v) is 7.31. The van der Waals surface area contributed by atoms with E-state index in [1.807, 2.05) is 36.6 Å². The van der Waals surface area contributed by atoms with Crippen LogP contribution in [0.3, 0.4) is 0 Å². The van der Waals surface area contributed by atoms with E-state index in [4.69, 9.17) is 0 Å². The molecule has 1 aliphatic rings. The highest BCUT2D eigenvalue weighted by molar-refractivity contribution is 8.00. The lowest BCUT2D eigenvalue weighted by atomic mass is 10.1. The number of amides is 2. The first kappa shape index (κ1) is 17.9. The molecule has 23 heavy (non-hydrogen) atoms. The molecule has 1 aliphatic heterocycles. The normalized spacial score (nSPS) is 17.9. The van der Waals surface area contributed by atoms with Crippen molar-refractivity contribution in [3.63, 3.8) is 0 Å². The van der Waals surface area contributed by atoms with E-state index < -0.39 is 0 Å². The van der Waals surface area contributed by atoms with Crippen LogP contribution in [0.15, 0.2) is 24.3 Å². The zero-order valence-corrected chi connectivity index (χ0v) is 15.2. The molecular formula is C18H26N2O2S. The Morgan fingerprint density at radius 1 is 1.43 bits per heavy atom. The van der Waals surface area contributed by atoms with Crippen LogP contribution in [0.5, 0.6) is 0 Å². The topological polar surface area (TPSA) is 40.6 Å². The first-order valence-electron chi connectivity index (χ1n) is 8.20. The average molecular weight is 334 g/mol. The molecule has 0 radical (unpaired) electrons. The van der Waals surface area contributed by atoms with Crippen molar-refractivity contribution in [2.75, 3.05) is 25.4 Å². The van der Waals surface area contributed by atoms with Crippen LogP contribution in [-0.2, 0) is 9.59 Å². The SMILES string of the molecule is CCN(CCN1C(=O)CS[C@@H]1c1cccc(C)c1)C(=O)C(C)C. The lowest BCUT2D eigenvalue weighted by molar-refractivity contribution is -0.136. The summed E-state index contributed by atoms with van der Waals surface area (Å²) in [7, 11) is 0. The van der Waals surface area contributed by atoms with Crippen LogP contribution in [-0.4, -0.2) is 47.0 Å². The third kappa shape index (κ3) is 4.28. The predicted octanol–water partition coefficient (Wildman–Crippen LogP) is 3.07. The molecule has 0 aromatic heterocycles. The van der Waals surface area contributed by atoms with E-state index >= 15 is 0 Å². The number of likely N-dealkylation sites (N-methyl/N-ethyl adjacent to an activating group) is 1. The minimum absolute atomic E-state index is 0.00817. The van der Waals surface area contributed by atoms with Crippen LogP contribution in [0.2, 0.25) is 0 Å². The summed E-state index contributed by atoms with van der Waals surface area (Å²) < 4.78 is 0. The molecule has 1 saturated heterocycles. The average Bonchev–Trinajstić information content (AvgIpc) is 2.88. The maximum atomic E-state index is 12.2. The summed E-state index contributed by atoms with van der Waals surface area (Å²) >= 11 is 1.67. The van der Waals surface area contributed by atoms with Gasteiger partial charge in [0.1, 0.15) is 5.37 Å². The summed E-state index contributed by atoms with van der Waals surface area (Å²) in [5.74, 6) is 0.822. The van der Waals surface area contributed by atoms with Crippen molar-refractivity contribution in [1.29, 1.82) is 0 Å². The number of nitrogens with zero attached hydrogens (tertiary/aromatic N) is 2. The van der Waals surface area contributed by atoms with Gasteiger partial charge in [-0.05, 0) is 19.4 Å². The third-order valence-electron chi connectivity index (χ3n) is 4.09. The van der Waals surface area contributed by atoms with Crippen molar-refractivity contribution in [3.8, 4) is 0 Å².